The van der Waals surface area contributed by atoms with Crippen LogP contribution in [-0.4, -0.2) is 10.9 Å². The lowest BCUT2D eigenvalue weighted by Crippen LogP contribution is -2.12. The first kappa shape index (κ1) is 17.2. The number of benzene rings is 2. The van der Waals surface area contributed by atoms with E-state index in [0.29, 0.717) is 11.3 Å². The maximum absolute atomic E-state index is 12.2. The van der Waals surface area contributed by atoms with Crippen LogP contribution in [0.1, 0.15) is 21.5 Å². The molecule has 5 heteroatoms. The summed E-state index contributed by atoms with van der Waals surface area (Å²) in [6, 6.07) is 17.0. The molecular weight excluding hydrogens is 378 g/mol. The number of anilines is 3. The highest BCUT2D eigenvalue weighted by Gasteiger charge is 2.07. The van der Waals surface area contributed by atoms with Crippen LogP contribution in [0.15, 0.2) is 65.3 Å². The zero-order valence-corrected chi connectivity index (χ0v) is 15.6. The summed E-state index contributed by atoms with van der Waals surface area (Å²) in [6.45, 7) is 4.15. The summed E-state index contributed by atoms with van der Waals surface area (Å²) in [5, 5.41) is 6.15. The first-order chi connectivity index (χ1) is 12.0. The molecule has 1 heterocycles. The molecule has 0 aliphatic rings. The number of aromatic nitrogens is 1. The van der Waals surface area contributed by atoms with E-state index >= 15 is 0 Å². The van der Waals surface area contributed by atoms with Crippen molar-refractivity contribution in [2.75, 3.05) is 10.6 Å². The molecule has 0 fully saturated rings. The van der Waals surface area contributed by atoms with E-state index in [0.717, 1.165) is 16.0 Å². The number of aryl methyl sites for hydroxylation is 1. The van der Waals surface area contributed by atoms with Gasteiger partial charge in [-0.2, -0.15) is 0 Å². The molecule has 0 radical (unpaired) electrons. The molecule has 0 atom stereocenters. The average Bonchev–Trinajstić information content (AvgIpc) is 2.60. The van der Waals surface area contributed by atoms with Crippen molar-refractivity contribution < 1.29 is 4.79 Å². The van der Waals surface area contributed by atoms with Gasteiger partial charge >= 0.3 is 0 Å². The molecule has 0 spiro atoms. The molecule has 1 aromatic heterocycles. The second kappa shape index (κ2) is 7.49. The topological polar surface area (TPSA) is 54.0 Å². The van der Waals surface area contributed by atoms with Gasteiger partial charge in [-0.05, 0) is 61.4 Å². The van der Waals surface area contributed by atoms with Gasteiger partial charge in [-0.3, -0.25) is 4.79 Å². The summed E-state index contributed by atoms with van der Waals surface area (Å²) in [7, 11) is 0. The van der Waals surface area contributed by atoms with Crippen molar-refractivity contribution in [2.45, 2.75) is 13.8 Å². The number of carbonyl (C=O) groups is 1. The summed E-state index contributed by atoms with van der Waals surface area (Å²) >= 11 is 3.37. The molecule has 0 bridgehead atoms. The molecule has 0 aliphatic carbocycles. The van der Waals surface area contributed by atoms with Crippen molar-refractivity contribution >= 4 is 39.0 Å². The van der Waals surface area contributed by atoms with Crippen molar-refractivity contribution in [2.24, 2.45) is 0 Å². The van der Waals surface area contributed by atoms with E-state index in [1.807, 2.05) is 36.4 Å². The third kappa shape index (κ3) is 4.25. The Morgan fingerprint density at radius 3 is 2.56 bits per heavy atom. The Labute approximate surface area is 155 Å². The fraction of sp³-hybridized carbons (Fsp3) is 0.100. The Balaban J connectivity index is 1.70. The van der Waals surface area contributed by atoms with Crippen molar-refractivity contribution in [3.63, 3.8) is 0 Å². The molecule has 0 aliphatic heterocycles. The zero-order chi connectivity index (χ0) is 17.8. The van der Waals surface area contributed by atoms with E-state index in [1.54, 1.807) is 18.3 Å². The molecule has 3 aromatic rings. The molecular formula is C20H18BrN3O. The molecule has 1 amide bonds. The van der Waals surface area contributed by atoms with Crippen LogP contribution in [0.4, 0.5) is 17.2 Å². The molecule has 0 unspecified atom stereocenters. The SMILES string of the molecule is Cc1cccc(Nc2ccc(NC(=O)c3cccc(Br)c3)cn2)c1C. The van der Waals surface area contributed by atoms with Gasteiger partial charge in [0, 0.05) is 15.7 Å². The predicted octanol–water partition coefficient (Wildman–Crippen LogP) is 5.46. The zero-order valence-electron chi connectivity index (χ0n) is 14.0. The summed E-state index contributed by atoms with van der Waals surface area (Å²) < 4.78 is 0.867. The number of nitrogens with zero attached hydrogens (tertiary/aromatic N) is 1. The van der Waals surface area contributed by atoms with Gasteiger partial charge in [0.1, 0.15) is 5.82 Å². The number of hydrogen-bond acceptors (Lipinski definition) is 3. The van der Waals surface area contributed by atoms with Crippen LogP contribution < -0.4 is 10.6 Å². The molecule has 2 N–H and O–H groups in total. The summed E-state index contributed by atoms with van der Waals surface area (Å²) in [5.41, 5.74) is 4.68. The minimum Gasteiger partial charge on any atom is -0.340 e. The van der Waals surface area contributed by atoms with Gasteiger partial charge in [0.25, 0.3) is 5.91 Å². The standard InChI is InChI=1S/C20H18BrN3O/c1-13-5-3-8-18(14(13)2)24-19-10-9-17(12-22-19)23-20(25)15-6-4-7-16(21)11-15/h3-12H,1-2H3,(H,22,24)(H,23,25). The summed E-state index contributed by atoms with van der Waals surface area (Å²) in [5.74, 6) is 0.562. The largest absolute Gasteiger partial charge is 0.340 e. The van der Waals surface area contributed by atoms with E-state index in [2.05, 4.69) is 51.5 Å². The highest BCUT2D eigenvalue weighted by Crippen LogP contribution is 2.22. The number of hydrogen-bond donors (Lipinski definition) is 2. The summed E-state index contributed by atoms with van der Waals surface area (Å²) in [4.78, 5) is 16.6. The third-order valence-corrected chi connectivity index (χ3v) is 4.47. The number of rotatable bonds is 4. The van der Waals surface area contributed by atoms with Crippen LogP contribution in [0, 0.1) is 13.8 Å². The van der Waals surface area contributed by atoms with Gasteiger partial charge < -0.3 is 10.6 Å². The van der Waals surface area contributed by atoms with E-state index in [-0.39, 0.29) is 5.91 Å². The third-order valence-electron chi connectivity index (χ3n) is 3.98. The maximum Gasteiger partial charge on any atom is 0.255 e. The van der Waals surface area contributed by atoms with Crippen molar-refractivity contribution in [1.82, 2.24) is 4.98 Å². The molecule has 0 saturated carbocycles. The van der Waals surface area contributed by atoms with Gasteiger partial charge in [0.15, 0.2) is 0 Å². The van der Waals surface area contributed by atoms with Gasteiger partial charge in [-0.1, -0.05) is 34.1 Å². The second-order valence-electron chi connectivity index (χ2n) is 5.77. The fourth-order valence-electron chi connectivity index (χ4n) is 2.40. The van der Waals surface area contributed by atoms with Crippen molar-refractivity contribution in [3.05, 3.63) is 82.0 Å². The summed E-state index contributed by atoms with van der Waals surface area (Å²) in [6.07, 6.45) is 1.64. The Morgan fingerprint density at radius 2 is 1.84 bits per heavy atom. The number of amides is 1. The minimum atomic E-state index is -0.168. The number of halogens is 1. The van der Waals surface area contributed by atoms with E-state index in [4.69, 9.17) is 0 Å². The van der Waals surface area contributed by atoms with Crippen LogP contribution in [0.3, 0.4) is 0 Å². The van der Waals surface area contributed by atoms with Crippen LogP contribution in [0.5, 0.6) is 0 Å². The van der Waals surface area contributed by atoms with Gasteiger partial charge in [-0.25, -0.2) is 4.98 Å². The molecule has 0 saturated heterocycles. The minimum absolute atomic E-state index is 0.168. The van der Waals surface area contributed by atoms with Gasteiger partial charge in [-0.15, -0.1) is 0 Å². The van der Waals surface area contributed by atoms with Gasteiger partial charge in [0.2, 0.25) is 0 Å². The first-order valence-corrected chi connectivity index (χ1v) is 8.68. The van der Waals surface area contributed by atoms with Crippen molar-refractivity contribution in [1.29, 1.82) is 0 Å². The monoisotopic (exact) mass is 395 g/mol. The molecule has 25 heavy (non-hydrogen) atoms. The lowest BCUT2D eigenvalue weighted by molar-refractivity contribution is 0.102. The predicted molar refractivity (Wildman–Crippen MR) is 106 cm³/mol. The Morgan fingerprint density at radius 1 is 1.04 bits per heavy atom. The van der Waals surface area contributed by atoms with Crippen LogP contribution in [0.25, 0.3) is 0 Å². The molecule has 126 valence electrons. The Kier molecular flexibility index (Phi) is 5.14. The average molecular weight is 396 g/mol. The first-order valence-electron chi connectivity index (χ1n) is 7.89. The number of pyridine rings is 1. The Bertz CT molecular complexity index is 907. The fourth-order valence-corrected chi connectivity index (χ4v) is 2.80. The van der Waals surface area contributed by atoms with E-state index in [1.165, 1.54) is 11.1 Å². The Hall–Kier alpha value is -2.66. The molecule has 2 aromatic carbocycles. The van der Waals surface area contributed by atoms with Crippen LogP contribution in [-0.2, 0) is 0 Å². The second-order valence-corrected chi connectivity index (χ2v) is 6.68. The quantitative estimate of drug-likeness (QED) is 0.616. The highest BCUT2D eigenvalue weighted by atomic mass is 79.9. The number of nitrogens with one attached hydrogen (secondary N) is 2. The molecule has 4 nitrogen and oxygen atoms in total. The lowest BCUT2D eigenvalue weighted by atomic mass is 10.1. The van der Waals surface area contributed by atoms with E-state index in [9.17, 15) is 4.79 Å². The lowest BCUT2D eigenvalue weighted by Gasteiger charge is -2.11. The molecule has 3 rings (SSSR count). The number of carbonyl (C=O) groups excluding carboxylic acids is 1. The maximum atomic E-state index is 12.2. The van der Waals surface area contributed by atoms with Crippen molar-refractivity contribution in [3.8, 4) is 0 Å². The van der Waals surface area contributed by atoms with Crippen LogP contribution in [0.2, 0.25) is 0 Å². The van der Waals surface area contributed by atoms with E-state index < -0.39 is 0 Å². The van der Waals surface area contributed by atoms with Crippen LogP contribution >= 0.6 is 15.9 Å². The smallest absolute Gasteiger partial charge is 0.255 e. The van der Waals surface area contributed by atoms with Gasteiger partial charge in [0.05, 0.1) is 11.9 Å². The normalized spacial score (nSPS) is 10.4. The highest BCUT2D eigenvalue weighted by molar-refractivity contribution is 9.10.